The molecule has 1 saturated carbocycles. The van der Waals surface area contributed by atoms with E-state index in [0.717, 1.165) is 19.3 Å². The Morgan fingerprint density at radius 1 is 1.48 bits per heavy atom. The number of rotatable bonds is 6. The summed E-state index contributed by atoms with van der Waals surface area (Å²) < 4.78 is 6.92. The van der Waals surface area contributed by atoms with E-state index < -0.39 is 5.97 Å². The number of esters is 1. The number of nitrogens with two attached hydrogens (primary N) is 1. The first-order valence-corrected chi connectivity index (χ1v) is 7.28. The Balaban J connectivity index is 1.92. The van der Waals surface area contributed by atoms with Crippen molar-refractivity contribution in [2.45, 2.75) is 51.6 Å². The largest absolute Gasteiger partial charge is 0.451 e. The average molecular weight is 293 g/mol. The summed E-state index contributed by atoms with van der Waals surface area (Å²) in [6, 6.07) is 1.92. The first kappa shape index (κ1) is 15.4. The predicted molar refractivity (Wildman–Crippen MR) is 79.9 cm³/mol. The lowest BCUT2D eigenvalue weighted by Gasteiger charge is -2.24. The van der Waals surface area contributed by atoms with E-state index in [4.69, 9.17) is 10.5 Å². The molecule has 21 heavy (non-hydrogen) atoms. The molecule has 0 saturated heterocycles. The van der Waals surface area contributed by atoms with E-state index in [0.29, 0.717) is 17.4 Å². The molecule has 0 aliphatic heterocycles. The molecule has 0 spiro atoms. The highest BCUT2D eigenvalue weighted by atomic mass is 16.5. The zero-order valence-corrected chi connectivity index (χ0v) is 12.8. The maximum Gasteiger partial charge on any atom is 0.355 e. The summed E-state index contributed by atoms with van der Waals surface area (Å²) in [5.74, 6) is -0.809. The van der Waals surface area contributed by atoms with Crippen molar-refractivity contribution in [3.05, 3.63) is 18.0 Å². The third kappa shape index (κ3) is 4.00. The zero-order chi connectivity index (χ0) is 15.6. The summed E-state index contributed by atoms with van der Waals surface area (Å²) in [5, 5.41) is 2.82. The zero-order valence-electron chi connectivity index (χ0n) is 12.8. The molecule has 0 unspecified atom stereocenters. The number of nitrogen functional groups attached to an aromatic ring is 1. The van der Waals surface area contributed by atoms with Gasteiger partial charge in [0.2, 0.25) is 0 Å². The maximum absolute atomic E-state index is 12.1. The van der Waals surface area contributed by atoms with Gasteiger partial charge < -0.3 is 20.4 Å². The first-order valence-electron chi connectivity index (χ1n) is 7.28. The normalized spacial score (nSPS) is 14.8. The van der Waals surface area contributed by atoms with E-state index >= 15 is 0 Å². The van der Waals surface area contributed by atoms with Crippen LogP contribution in [0.4, 0.5) is 5.69 Å². The quantitative estimate of drug-likeness (QED) is 0.784. The number of nitrogens with zero attached hydrogens (tertiary/aromatic N) is 1. The Morgan fingerprint density at radius 3 is 2.71 bits per heavy atom. The topological polar surface area (TPSA) is 86.3 Å². The molecule has 0 radical (unpaired) electrons. The van der Waals surface area contributed by atoms with Gasteiger partial charge in [-0.05, 0) is 39.2 Å². The smallest absolute Gasteiger partial charge is 0.355 e. The highest BCUT2D eigenvalue weighted by molar-refractivity contribution is 5.91. The van der Waals surface area contributed by atoms with Crippen LogP contribution < -0.4 is 11.1 Å². The van der Waals surface area contributed by atoms with Crippen LogP contribution in [-0.2, 0) is 9.53 Å². The van der Waals surface area contributed by atoms with Gasteiger partial charge in [0, 0.05) is 17.8 Å². The molecule has 0 aromatic carbocycles. The van der Waals surface area contributed by atoms with Gasteiger partial charge >= 0.3 is 5.97 Å². The first-order chi connectivity index (χ1) is 9.82. The van der Waals surface area contributed by atoms with E-state index in [2.05, 4.69) is 5.32 Å². The number of nitrogens with one attached hydrogen (secondary N) is 1. The van der Waals surface area contributed by atoms with Crippen LogP contribution in [0.1, 0.15) is 56.6 Å². The Kier molecular flexibility index (Phi) is 4.25. The third-order valence-electron chi connectivity index (χ3n) is 3.72. The molecule has 6 heteroatoms. The van der Waals surface area contributed by atoms with Crippen molar-refractivity contribution in [1.82, 2.24) is 9.88 Å². The second kappa shape index (κ2) is 5.79. The maximum atomic E-state index is 12.1. The van der Waals surface area contributed by atoms with Gasteiger partial charge in [-0.25, -0.2) is 4.79 Å². The molecule has 3 N–H and O–H groups in total. The average Bonchev–Trinajstić information content (AvgIpc) is 3.18. The number of hydrogen-bond acceptors (Lipinski definition) is 4. The lowest BCUT2D eigenvalue weighted by Crippen LogP contribution is -2.44. The Hall–Kier alpha value is -1.98. The van der Waals surface area contributed by atoms with Crippen LogP contribution in [-0.4, -0.2) is 28.6 Å². The summed E-state index contributed by atoms with van der Waals surface area (Å²) in [4.78, 5) is 23.8. The number of carbonyl (C=O) groups is 2. The van der Waals surface area contributed by atoms with Crippen molar-refractivity contribution >= 4 is 17.6 Å². The van der Waals surface area contributed by atoms with Crippen molar-refractivity contribution in [2.24, 2.45) is 0 Å². The van der Waals surface area contributed by atoms with Crippen LogP contribution in [0.25, 0.3) is 0 Å². The minimum atomic E-state index is -0.511. The monoisotopic (exact) mass is 293 g/mol. The van der Waals surface area contributed by atoms with Crippen LogP contribution in [0.2, 0.25) is 0 Å². The van der Waals surface area contributed by atoms with Crippen molar-refractivity contribution in [3.63, 3.8) is 0 Å². The molecule has 1 amide bonds. The Labute approximate surface area is 124 Å². The molecule has 1 aromatic rings. The standard InChI is InChI=1S/C15H23N3O3/c1-4-15(2,3)17-13(19)9-21-14(20)12-7-10(16)8-18(12)11-5-6-11/h7-8,11H,4-6,9,16H2,1-3H3,(H,17,19). The third-order valence-corrected chi connectivity index (χ3v) is 3.72. The number of hydrogen-bond donors (Lipinski definition) is 2. The van der Waals surface area contributed by atoms with Gasteiger partial charge in [-0.2, -0.15) is 0 Å². The molecule has 1 heterocycles. The minimum Gasteiger partial charge on any atom is -0.451 e. The lowest BCUT2D eigenvalue weighted by atomic mass is 10.0. The van der Waals surface area contributed by atoms with Gasteiger partial charge in [-0.1, -0.05) is 6.92 Å². The molecule has 0 atom stereocenters. The number of ether oxygens (including phenoxy) is 1. The summed E-state index contributed by atoms with van der Waals surface area (Å²) in [6.07, 6.45) is 4.63. The van der Waals surface area contributed by atoms with Gasteiger partial charge in [-0.3, -0.25) is 4.79 Å². The van der Waals surface area contributed by atoms with Crippen molar-refractivity contribution in [3.8, 4) is 0 Å². The molecule has 6 nitrogen and oxygen atoms in total. The molecule has 116 valence electrons. The van der Waals surface area contributed by atoms with Crippen LogP contribution in [0, 0.1) is 0 Å². The van der Waals surface area contributed by atoms with E-state index in [-0.39, 0.29) is 18.1 Å². The van der Waals surface area contributed by atoms with Crippen molar-refractivity contribution in [2.75, 3.05) is 12.3 Å². The summed E-state index contributed by atoms with van der Waals surface area (Å²) >= 11 is 0. The van der Waals surface area contributed by atoms with Crippen molar-refractivity contribution in [1.29, 1.82) is 0 Å². The second-order valence-electron chi connectivity index (χ2n) is 6.16. The number of carbonyl (C=O) groups excluding carboxylic acids is 2. The van der Waals surface area contributed by atoms with Crippen LogP contribution in [0.3, 0.4) is 0 Å². The van der Waals surface area contributed by atoms with Gasteiger partial charge in [0.05, 0.1) is 5.69 Å². The number of aromatic nitrogens is 1. The fraction of sp³-hybridized carbons (Fsp3) is 0.600. The summed E-state index contributed by atoms with van der Waals surface area (Å²) in [7, 11) is 0. The SMILES string of the molecule is CCC(C)(C)NC(=O)COC(=O)c1cc(N)cn1C1CC1. The van der Waals surface area contributed by atoms with Crippen LogP contribution in [0.15, 0.2) is 12.3 Å². The van der Waals surface area contributed by atoms with Crippen LogP contribution in [0.5, 0.6) is 0 Å². The Morgan fingerprint density at radius 2 is 2.14 bits per heavy atom. The van der Waals surface area contributed by atoms with Gasteiger partial charge in [0.15, 0.2) is 6.61 Å². The highest BCUT2D eigenvalue weighted by Gasteiger charge is 2.28. The van der Waals surface area contributed by atoms with E-state index in [1.165, 1.54) is 0 Å². The van der Waals surface area contributed by atoms with E-state index in [1.807, 2.05) is 25.3 Å². The van der Waals surface area contributed by atoms with E-state index in [9.17, 15) is 9.59 Å². The lowest BCUT2D eigenvalue weighted by molar-refractivity contribution is -0.125. The number of anilines is 1. The highest BCUT2D eigenvalue weighted by Crippen LogP contribution is 2.37. The Bertz CT molecular complexity index is 544. The fourth-order valence-electron chi connectivity index (χ4n) is 2.03. The summed E-state index contributed by atoms with van der Waals surface area (Å²) in [6.45, 7) is 5.55. The summed E-state index contributed by atoms with van der Waals surface area (Å²) in [5.41, 5.74) is 6.38. The van der Waals surface area contributed by atoms with Crippen LogP contribution >= 0.6 is 0 Å². The van der Waals surface area contributed by atoms with Gasteiger partial charge in [-0.15, -0.1) is 0 Å². The molecular formula is C15H23N3O3. The van der Waals surface area contributed by atoms with E-state index in [1.54, 1.807) is 12.3 Å². The molecular weight excluding hydrogens is 270 g/mol. The molecule has 2 rings (SSSR count). The molecule has 1 aromatic heterocycles. The van der Waals surface area contributed by atoms with Gasteiger partial charge in [0.25, 0.3) is 5.91 Å². The molecule has 1 fully saturated rings. The fourth-order valence-corrected chi connectivity index (χ4v) is 2.03. The van der Waals surface area contributed by atoms with Crippen molar-refractivity contribution < 1.29 is 14.3 Å². The predicted octanol–water partition coefficient (Wildman–Crippen LogP) is 1.87. The minimum absolute atomic E-state index is 0.280. The van der Waals surface area contributed by atoms with Gasteiger partial charge in [0.1, 0.15) is 5.69 Å². The molecule has 1 aliphatic rings. The number of amides is 1. The molecule has 0 bridgehead atoms. The molecule has 1 aliphatic carbocycles. The second-order valence-corrected chi connectivity index (χ2v) is 6.16.